The second-order valence-electron chi connectivity index (χ2n) is 2.93. The van der Waals surface area contributed by atoms with E-state index in [0.29, 0.717) is 0 Å². The van der Waals surface area contributed by atoms with Crippen molar-refractivity contribution in [3.8, 4) is 11.9 Å². The van der Waals surface area contributed by atoms with Gasteiger partial charge in [-0.05, 0) is 6.07 Å². The summed E-state index contributed by atoms with van der Waals surface area (Å²) in [5.74, 6) is -2.67. The van der Waals surface area contributed by atoms with Gasteiger partial charge in [0.05, 0.1) is 12.7 Å². The molecule has 0 radical (unpaired) electrons. The maximum atomic E-state index is 12.1. The minimum atomic E-state index is -5.05. The number of rotatable bonds is 2. The van der Waals surface area contributed by atoms with Gasteiger partial charge in [0.2, 0.25) is 5.88 Å². The molecule has 0 atom stereocenters. The number of pyridine rings is 1. The Morgan fingerprint density at radius 3 is 2.61 bits per heavy atom. The Bertz CT molecular complexity index is 522. The van der Waals surface area contributed by atoms with Crippen LogP contribution in [-0.4, -0.2) is 24.4 Å². The van der Waals surface area contributed by atoms with Crippen molar-refractivity contribution in [2.75, 3.05) is 12.8 Å². The van der Waals surface area contributed by atoms with Crippen molar-refractivity contribution in [3.63, 3.8) is 0 Å². The zero-order chi connectivity index (χ0) is 13.9. The molecule has 96 valence electrons. The molecule has 0 unspecified atom stereocenters. The maximum absolute atomic E-state index is 12.1. The molecule has 0 aromatic carbocycles. The first-order chi connectivity index (χ1) is 8.28. The van der Waals surface area contributed by atoms with Crippen LogP contribution in [0.2, 0.25) is 0 Å². The van der Waals surface area contributed by atoms with Crippen LogP contribution >= 0.6 is 0 Å². The number of halogens is 3. The molecule has 0 aliphatic rings. The van der Waals surface area contributed by atoms with E-state index < -0.39 is 29.6 Å². The summed E-state index contributed by atoms with van der Waals surface area (Å²) < 4.78 is 44.0. The molecule has 1 heterocycles. The molecular formula is C9H6F3N3O3. The predicted molar refractivity (Wildman–Crippen MR) is 51.4 cm³/mol. The van der Waals surface area contributed by atoms with Crippen LogP contribution in [0.1, 0.15) is 15.9 Å². The van der Waals surface area contributed by atoms with E-state index in [-0.39, 0.29) is 5.56 Å². The molecule has 0 saturated carbocycles. The van der Waals surface area contributed by atoms with E-state index in [1.165, 1.54) is 0 Å². The third-order valence-corrected chi connectivity index (χ3v) is 1.76. The fourth-order valence-corrected chi connectivity index (χ4v) is 1.04. The Kier molecular flexibility index (Phi) is 3.61. The third kappa shape index (κ3) is 3.00. The van der Waals surface area contributed by atoms with Crippen LogP contribution in [-0.2, 0) is 4.74 Å². The SMILES string of the molecule is COC(=O)c1cc(C#N)c(N)nc1OC(F)(F)F. The van der Waals surface area contributed by atoms with Crippen molar-refractivity contribution < 1.29 is 27.4 Å². The molecule has 1 aromatic heterocycles. The van der Waals surface area contributed by atoms with Gasteiger partial charge in [-0.15, -0.1) is 13.2 Å². The van der Waals surface area contributed by atoms with Crippen LogP contribution in [0.5, 0.6) is 5.88 Å². The number of carbonyl (C=O) groups is 1. The fourth-order valence-electron chi connectivity index (χ4n) is 1.04. The molecule has 2 N–H and O–H groups in total. The summed E-state index contributed by atoms with van der Waals surface area (Å²) in [6.07, 6.45) is -5.05. The highest BCUT2D eigenvalue weighted by molar-refractivity contribution is 5.92. The fraction of sp³-hybridized carbons (Fsp3) is 0.222. The number of anilines is 1. The van der Waals surface area contributed by atoms with Crippen molar-refractivity contribution >= 4 is 11.8 Å². The summed E-state index contributed by atoms with van der Waals surface area (Å²) in [4.78, 5) is 14.5. The Balaban J connectivity index is 3.35. The lowest BCUT2D eigenvalue weighted by Crippen LogP contribution is -2.21. The smallest absolute Gasteiger partial charge is 0.465 e. The molecule has 0 bridgehead atoms. The first-order valence-corrected chi connectivity index (χ1v) is 4.33. The van der Waals surface area contributed by atoms with E-state index in [2.05, 4.69) is 14.5 Å². The number of hydrogen-bond donors (Lipinski definition) is 1. The highest BCUT2D eigenvalue weighted by atomic mass is 19.4. The largest absolute Gasteiger partial charge is 0.574 e. The van der Waals surface area contributed by atoms with Gasteiger partial charge in [-0.1, -0.05) is 0 Å². The molecular weight excluding hydrogens is 255 g/mol. The number of alkyl halides is 3. The highest BCUT2D eigenvalue weighted by Crippen LogP contribution is 2.27. The Hall–Kier alpha value is -2.50. The van der Waals surface area contributed by atoms with Gasteiger partial charge in [-0.2, -0.15) is 10.2 Å². The summed E-state index contributed by atoms with van der Waals surface area (Å²) in [5.41, 5.74) is 4.33. The molecule has 0 saturated heterocycles. The van der Waals surface area contributed by atoms with Crippen LogP contribution in [0.15, 0.2) is 6.07 Å². The second-order valence-corrected chi connectivity index (χ2v) is 2.93. The van der Waals surface area contributed by atoms with E-state index in [0.717, 1.165) is 13.2 Å². The third-order valence-electron chi connectivity index (χ3n) is 1.76. The highest BCUT2D eigenvalue weighted by Gasteiger charge is 2.34. The molecule has 9 heteroatoms. The number of hydrogen-bond acceptors (Lipinski definition) is 6. The van der Waals surface area contributed by atoms with Gasteiger partial charge in [0.25, 0.3) is 0 Å². The summed E-state index contributed by atoms with van der Waals surface area (Å²) in [5, 5.41) is 8.64. The van der Waals surface area contributed by atoms with Crippen LogP contribution < -0.4 is 10.5 Å². The zero-order valence-electron chi connectivity index (χ0n) is 8.91. The topological polar surface area (TPSA) is 98.2 Å². The molecule has 1 aromatic rings. The minimum absolute atomic E-state index is 0.259. The van der Waals surface area contributed by atoms with Crippen LogP contribution in [0.25, 0.3) is 0 Å². The van der Waals surface area contributed by atoms with Crippen molar-refractivity contribution in [3.05, 3.63) is 17.2 Å². The van der Waals surface area contributed by atoms with Gasteiger partial charge >= 0.3 is 12.3 Å². The average Bonchev–Trinajstić information content (AvgIpc) is 2.26. The molecule has 18 heavy (non-hydrogen) atoms. The zero-order valence-corrected chi connectivity index (χ0v) is 8.91. The van der Waals surface area contributed by atoms with E-state index in [4.69, 9.17) is 11.0 Å². The lowest BCUT2D eigenvalue weighted by atomic mass is 10.2. The summed E-state index contributed by atoms with van der Waals surface area (Å²) >= 11 is 0. The maximum Gasteiger partial charge on any atom is 0.574 e. The van der Waals surface area contributed by atoms with Gasteiger partial charge in [0, 0.05) is 0 Å². The standard InChI is InChI=1S/C9H6F3N3O3/c1-17-8(16)5-2-4(3-13)6(14)15-7(5)18-9(10,11)12/h2H,1H3,(H2,14,15). The number of esters is 1. The first kappa shape index (κ1) is 13.6. The van der Waals surface area contributed by atoms with Gasteiger partial charge in [0.1, 0.15) is 17.5 Å². The lowest BCUT2D eigenvalue weighted by molar-refractivity contribution is -0.276. The van der Waals surface area contributed by atoms with Crippen molar-refractivity contribution in [2.24, 2.45) is 0 Å². The molecule has 0 aliphatic heterocycles. The van der Waals surface area contributed by atoms with Crippen molar-refractivity contribution in [2.45, 2.75) is 6.36 Å². The number of nitrogens with zero attached hydrogens (tertiary/aromatic N) is 2. The number of nitrogens with two attached hydrogens (primary N) is 1. The number of methoxy groups -OCH3 is 1. The molecule has 0 aliphatic carbocycles. The summed E-state index contributed by atoms with van der Waals surface area (Å²) in [7, 11) is 0.960. The normalized spacial score (nSPS) is 10.6. The molecule has 0 fully saturated rings. The van der Waals surface area contributed by atoms with E-state index >= 15 is 0 Å². The molecule has 6 nitrogen and oxygen atoms in total. The number of nitrogen functional groups attached to an aromatic ring is 1. The van der Waals surface area contributed by atoms with Crippen LogP contribution in [0.3, 0.4) is 0 Å². The number of ether oxygens (including phenoxy) is 2. The Morgan fingerprint density at radius 1 is 1.56 bits per heavy atom. The van der Waals surface area contributed by atoms with Crippen molar-refractivity contribution in [1.29, 1.82) is 5.26 Å². The summed E-state index contributed by atoms with van der Waals surface area (Å²) in [6.45, 7) is 0. The Morgan fingerprint density at radius 2 is 2.17 bits per heavy atom. The number of nitriles is 1. The van der Waals surface area contributed by atoms with Gasteiger partial charge in [0.15, 0.2) is 0 Å². The number of aromatic nitrogens is 1. The predicted octanol–water partition coefficient (Wildman–Crippen LogP) is 1.22. The van der Waals surface area contributed by atoms with Gasteiger partial charge in [-0.3, -0.25) is 0 Å². The monoisotopic (exact) mass is 261 g/mol. The lowest BCUT2D eigenvalue weighted by Gasteiger charge is -2.12. The van der Waals surface area contributed by atoms with E-state index in [1.54, 1.807) is 6.07 Å². The molecule has 1 rings (SSSR count). The average molecular weight is 261 g/mol. The molecule has 0 amide bonds. The van der Waals surface area contributed by atoms with Crippen LogP contribution in [0.4, 0.5) is 19.0 Å². The van der Waals surface area contributed by atoms with E-state index in [9.17, 15) is 18.0 Å². The van der Waals surface area contributed by atoms with E-state index in [1.807, 2.05) is 0 Å². The second kappa shape index (κ2) is 4.79. The summed E-state index contributed by atoms with van der Waals surface area (Å²) in [6, 6.07) is 2.39. The van der Waals surface area contributed by atoms with Gasteiger partial charge < -0.3 is 15.2 Å². The molecule has 0 spiro atoms. The first-order valence-electron chi connectivity index (χ1n) is 4.33. The van der Waals surface area contributed by atoms with Crippen molar-refractivity contribution in [1.82, 2.24) is 4.98 Å². The quantitative estimate of drug-likeness (QED) is 0.803. The van der Waals surface area contributed by atoms with Gasteiger partial charge in [-0.25, -0.2) is 4.79 Å². The Labute approximate surface area is 98.7 Å². The van der Waals surface area contributed by atoms with Crippen LogP contribution in [0, 0.1) is 11.3 Å². The number of carbonyl (C=O) groups excluding carboxylic acids is 1. The minimum Gasteiger partial charge on any atom is -0.465 e.